The molecule has 0 amide bonds. The van der Waals surface area contributed by atoms with Gasteiger partial charge in [0.15, 0.2) is 11.5 Å². The zero-order valence-corrected chi connectivity index (χ0v) is 14.2. The Balaban J connectivity index is 1.97. The van der Waals surface area contributed by atoms with Crippen molar-refractivity contribution in [2.75, 3.05) is 40.4 Å². The highest BCUT2D eigenvalue weighted by molar-refractivity contribution is 5.53. The molecule has 1 saturated carbocycles. The zero-order chi connectivity index (χ0) is 16.2. The third-order valence-electron chi connectivity index (χ3n) is 5.23. The fraction of sp³-hybridized carbons (Fsp3) is 0.667. The summed E-state index contributed by atoms with van der Waals surface area (Å²) in [4.78, 5) is 2.58. The van der Waals surface area contributed by atoms with E-state index in [9.17, 15) is 5.11 Å². The van der Waals surface area contributed by atoms with Crippen LogP contribution < -0.4 is 14.8 Å². The Bertz CT molecular complexity index is 498. The summed E-state index contributed by atoms with van der Waals surface area (Å²) in [5.74, 6) is 1.76. The molecule has 0 unspecified atom stereocenters. The number of ether oxygens (including phenoxy) is 2. The topological polar surface area (TPSA) is 54.0 Å². The summed E-state index contributed by atoms with van der Waals surface area (Å²) >= 11 is 0. The van der Waals surface area contributed by atoms with Gasteiger partial charge in [-0.25, -0.2) is 0 Å². The quantitative estimate of drug-likeness (QED) is 0.873. The van der Waals surface area contributed by atoms with Crippen LogP contribution in [0.2, 0.25) is 0 Å². The smallest absolute Gasteiger partial charge is 0.200 e. The lowest BCUT2D eigenvalue weighted by Gasteiger charge is -2.39. The van der Waals surface area contributed by atoms with Gasteiger partial charge in [-0.1, -0.05) is 12.8 Å². The minimum Gasteiger partial charge on any atom is -0.502 e. The molecule has 5 nitrogen and oxygen atoms in total. The molecule has 1 aliphatic heterocycles. The summed E-state index contributed by atoms with van der Waals surface area (Å²) in [5, 5.41) is 13.6. The molecule has 3 rings (SSSR count). The number of rotatable bonds is 5. The number of benzene rings is 1. The van der Waals surface area contributed by atoms with E-state index in [4.69, 9.17) is 9.47 Å². The lowest BCUT2D eigenvalue weighted by atomic mass is 9.89. The molecule has 1 saturated heterocycles. The van der Waals surface area contributed by atoms with Crippen molar-refractivity contribution < 1.29 is 14.6 Å². The van der Waals surface area contributed by atoms with Crippen LogP contribution in [0.4, 0.5) is 0 Å². The van der Waals surface area contributed by atoms with Gasteiger partial charge in [0.05, 0.1) is 14.2 Å². The molecule has 1 atom stereocenters. The Kier molecular flexibility index (Phi) is 5.28. The largest absolute Gasteiger partial charge is 0.502 e. The maximum absolute atomic E-state index is 10.2. The van der Waals surface area contributed by atoms with Crippen LogP contribution in [0.1, 0.15) is 37.3 Å². The number of nitrogens with one attached hydrogen (secondary N) is 1. The van der Waals surface area contributed by atoms with Crippen LogP contribution in [0.25, 0.3) is 0 Å². The number of aromatic hydroxyl groups is 1. The summed E-state index contributed by atoms with van der Waals surface area (Å²) in [6, 6.07) is 4.36. The lowest BCUT2D eigenvalue weighted by molar-refractivity contribution is 0.125. The van der Waals surface area contributed by atoms with Crippen LogP contribution in [0.15, 0.2) is 12.1 Å². The molecular formula is C18H28N2O3. The van der Waals surface area contributed by atoms with E-state index in [0.717, 1.165) is 26.2 Å². The van der Waals surface area contributed by atoms with E-state index in [-0.39, 0.29) is 5.75 Å². The highest BCUT2D eigenvalue weighted by atomic mass is 16.5. The Morgan fingerprint density at radius 3 is 2.17 bits per heavy atom. The Morgan fingerprint density at radius 2 is 1.65 bits per heavy atom. The molecule has 0 bridgehead atoms. The third kappa shape index (κ3) is 3.40. The molecule has 0 radical (unpaired) electrons. The van der Waals surface area contributed by atoms with Gasteiger partial charge < -0.3 is 19.9 Å². The van der Waals surface area contributed by atoms with Gasteiger partial charge >= 0.3 is 0 Å². The second-order valence-electron chi connectivity index (χ2n) is 6.55. The normalized spacial score (nSPS) is 21.3. The molecule has 2 N–H and O–H groups in total. The van der Waals surface area contributed by atoms with Crippen molar-refractivity contribution in [3.63, 3.8) is 0 Å². The number of methoxy groups -OCH3 is 2. The number of nitrogens with zero attached hydrogens (tertiary/aromatic N) is 1. The first-order chi connectivity index (χ1) is 11.2. The first-order valence-electron chi connectivity index (χ1n) is 8.64. The number of phenolic OH excluding ortho intramolecular Hbond substituents is 1. The maximum atomic E-state index is 10.2. The van der Waals surface area contributed by atoms with Crippen molar-refractivity contribution in [3.8, 4) is 17.2 Å². The van der Waals surface area contributed by atoms with Crippen molar-refractivity contribution >= 4 is 0 Å². The van der Waals surface area contributed by atoms with Crippen LogP contribution >= 0.6 is 0 Å². The molecule has 0 aromatic heterocycles. The second-order valence-corrected chi connectivity index (χ2v) is 6.55. The van der Waals surface area contributed by atoms with Crippen molar-refractivity contribution in [2.24, 2.45) is 5.92 Å². The van der Waals surface area contributed by atoms with E-state index in [1.165, 1.54) is 31.2 Å². The molecular weight excluding hydrogens is 292 g/mol. The Labute approximate surface area is 138 Å². The van der Waals surface area contributed by atoms with E-state index < -0.39 is 0 Å². The minimum atomic E-state index is 0.0873. The summed E-state index contributed by atoms with van der Waals surface area (Å²) in [7, 11) is 3.18. The van der Waals surface area contributed by atoms with Gasteiger partial charge in [-0.2, -0.15) is 0 Å². The Hall–Kier alpha value is -1.46. The minimum absolute atomic E-state index is 0.0873. The lowest BCUT2D eigenvalue weighted by Crippen LogP contribution is -2.46. The van der Waals surface area contributed by atoms with Gasteiger partial charge in [-0.15, -0.1) is 0 Å². The van der Waals surface area contributed by atoms with Crippen LogP contribution in [0.5, 0.6) is 17.2 Å². The third-order valence-corrected chi connectivity index (χ3v) is 5.23. The second kappa shape index (κ2) is 7.41. The molecule has 128 valence electrons. The van der Waals surface area contributed by atoms with Crippen LogP contribution in [-0.4, -0.2) is 50.4 Å². The highest BCUT2D eigenvalue weighted by Crippen LogP contribution is 2.45. The Morgan fingerprint density at radius 1 is 1.09 bits per heavy atom. The molecule has 5 heteroatoms. The molecule has 0 spiro atoms. The van der Waals surface area contributed by atoms with Crippen LogP contribution in [0, 0.1) is 5.92 Å². The average molecular weight is 320 g/mol. The number of piperazine rings is 1. The molecule has 1 aromatic carbocycles. The summed E-state index contributed by atoms with van der Waals surface area (Å²) in [6.07, 6.45) is 5.19. The summed E-state index contributed by atoms with van der Waals surface area (Å²) in [6.45, 7) is 4.20. The molecule has 2 aliphatic rings. The number of hydrogen-bond acceptors (Lipinski definition) is 5. The van der Waals surface area contributed by atoms with E-state index in [1.54, 1.807) is 14.2 Å². The van der Waals surface area contributed by atoms with Gasteiger partial charge in [0, 0.05) is 32.2 Å². The molecule has 1 aliphatic carbocycles. The summed E-state index contributed by atoms with van der Waals surface area (Å²) in [5.41, 5.74) is 1.20. The van der Waals surface area contributed by atoms with Gasteiger partial charge in [0.2, 0.25) is 5.75 Å². The maximum Gasteiger partial charge on any atom is 0.200 e. The van der Waals surface area contributed by atoms with E-state index in [1.807, 2.05) is 12.1 Å². The van der Waals surface area contributed by atoms with Crippen LogP contribution in [0.3, 0.4) is 0 Å². The number of phenols is 1. The predicted octanol–water partition coefficient (Wildman–Crippen LogP) is 2.55. The SMILES string of the molecule is COc1cc([C@H](C2CCCC2)N2CCNCC2)cc(OC)c1O. The molecule has 1 heterocycles. The fourth-order valence-electron chi connectivity index (χ4n) is 4.10. The van der Waals surface area contributed by atoms with Gasteiger partial charge in [-0.3, -0.25) is 4.90 Å². The van der Waals surface area contributed by atoms with Crippen molar-refractivity contribution in [2.45, 2.75) is 31.7 Å². The number of hydrogen-bond donors (Lipinski definition) is 2. The molecule has 2 fully saturated rings. The van der Waals surface area contributed by atoms with Gasteiger partial charge in [0.25, 0.3) is 0 Å². The zero-order valence-electron chi connectivity index (χ0n) is 14.2. The monoisotopic (exact) mass is 320 g/mol. The van der Waals surface area contributed by atoms with E-state index >= 15 is 0 Å². The molecule has 23 heavy (non-hydrogen) atoms. The van der Waals surface area contributed by atoms with Crippen molar-refractivity contribution in [3.05, 3.63) is 17.7 Å². The van der Waals surface area contributed by atoms with Crippen LogP contribution in [-0.2, 0) is 0 Å². The average Bonchev–Trinajstić information content (AvgIpc) is 3.11. The fourth-order valence-corrected chi connectivity index (χ4v) is 4.10. The van der Waals surface area contributed by atoms with Crippen molar-refractivity contribution in [1.82, 2.24) is 10.2 Å². The first-order valence-corrected chi connectivity index (χ1v) is 8.64. The summed E-state index contributed by atoms with van der Waals surface area (Å²) < 4.78 is 10.7. The van der Waals surface area contributed by atoms with E-state index in [0.29, 0.717) is 23.5 Å². The molecule has 1 aromatic rings. The van der Waals surface area contributed by atoms with E-state index in [2.05, 4.69) is 10.2 Å². The van der Waals surface area contributed by atoms with Crippen molar-refractivity contribution in [1.29, 1.82) is 0 Å². The van der Waals surface area contributed by atoms with Gasteiger partial charge in [-0.05, 0) is 36.5 Å². The van der Waals surface area contributed by atoms with Gasteiger partial charge in [0.1, 0.15) is 0 Å². The first kappa shape index (κ1) is 16.4. The standard InChI is InChI=1S/C18H28N2O3/c1-22-15-11-14(12-16(23-2)18(15)21)17(13-5-3-4-6-13)20-9-7-19-8-10-20/h11-13,17,19,21H,3-10H2,1-2H3/t17-/m0/s1. The highest BCUT2D eigenvalue weighted by Gasteiger charge is 2.33. The predicted molar refractivity (Wildman–Crippen MR) is 90.4 cm³/mol.